The Bertz CT molecular complexity index is 476. The summed E-state index contributed by atoms with van der Waals surface area (Å²) in [6.07, 6.45) is 3.90. The average Bonchev–Trinajstić information content (AvgIpc) is 2.73. The van der Waals surface area contributed by atoms with Crippen LogP contribution in [0.2, 0.25) is 0 Å². The summed E-state index contributed by atoms with van der Waals surface area (Å²) in [5.74, 6) is 0. The molecule has 1 saturated heterocycles. The summed E-state index contributed by atoms with van der Waals surface area (Å²) in [6.45, 7) is 2.40. The number of hydrogen-bond acceptors (Lipinski definition) is 3. The molecule has 1 aromatic carbocycles. The summed E-state index contributed by atoms with van der Waals surface area (Å²) in [5, 5.41) is 7.71. The molecular weight excluding hydrogens is 214 g/mol. The summed E-state index contributed by atoms with van der Waals surface area (Å²) < 4.78 is 7.06. The first-order valence-corrected chi connectivity index (χ1v) is 5.81. The molecule has 0 spiro atoms. The first kappa shape index (κ1) is 10.4. The van der Waals surface area contributed by atoms with Gasteiger partial charge in [-0.2, -0.15) is 5.10 Å². The standard InChI is InChI=1S/C13H15N3O/c1-2-4-11(5-3-1)7-16-8-12(6-14-16)15-13-9-17-10-13/h1-6,8,13,15H,7,9-10H2. The predicted molar refractivity (Wildman–Crippen MR) is 66.0 cm³/mol. The van der Waals surface area contributed by atoms with Gasteiger partial charge in [0.05, 0.1) is 37.7 Å². The minimum absolute atomic E-state index is 0.448. The zero-order chi connectivity index (χ0) is 11.5. The fourth-order valence-corrected chi connectivity index (χ4v) is 1.85. The van der Waals surface area contributed by atoms with Gasteiger partial charge in [0.1, 0.15) is 0 Å². The second-order valence-electron chi connectivity index (χ2n) is 4.29. The number of rotatable bonds is 4. The fraction of sp³-hybridized carbons (Fsp3) is 0.308. The molecule has 3 rings (SSSR count). The van der Waals surface area contributed by atoms with Crippen LogP contribution in [0.15, 0.2) is 42.7 Å². The fourth-order valence-electron chi connectivity index (χ4n) is 1.85. The van der Waals surface area contributed by atoms with Crippen molar-refractivity contribution in [3.05, 3.63) is 48.3 Å². The topological polar surface area (TPSA) is 39.1 Å². The first-order valence-electron chi connectivity index (χ1n) is 5.81. The van der Waals surface area contributed by atoms with Crippen LogP contribution >= 0.6 is 0 Å². The molecule has 2 aromatic rings. The van der Waals surface area contributed by atoms with Crippen molar-refractivity contribution in [3.63, 3.8) is 0 Å². The van der Waals surface area contributed by atoms with Crippen LogP contribution < -0.4 is 5.32 Å². The number of nitrogens with one attached hydrogen (secondary N) is 1. The number of benzene rings is 1. The van der Waals surface area contributed by atoms with Crippen molar-refractivity contribution in [2.45, 2.75) is 12.6 Å². The van der Waals surface area contributed by atoms with Crippen LogP contribution in [0.1, 0.15) is 5.56 Å². The molecule has 0 bridgehead atoms. The van der Waals surface area contributed by atoms with E-state index in [4.69, 9.17) is 4.74 Å². The van der Waals surface area contributed by atoms with Crippen molar-refractivity contribution in [3.8, 4) is 0 Å². The highest BCUT2D eigenvalue weighted by Gasteiger charge is 2.18. The maximum Gasteiger partial charge on any atom is 0.0730 e. The summed E-state index contributed by atoms with van der Waals surface area (Å²) in [4.78, 5) is 0. The molecule has 1 aliphatic heterocycles. The van der Waals surface area contributed by atoms with E-state index in [2.05, 4.69) is 22.5 Å². The van der Waals surface area contributed by atoms with Gasteiger partial charge in [-0.1, -0.05) is 30.3 Å². The molecule has 88 valence electrons. The zero-order valence-electron chi connectivity index (χ0n) is 9.54. The molecule has 0 radical (unpaired) electrons. The molecule has 1 aromatic heterocycles. The molecule has 1 fully saturated rings. The van der Waals surface area contributed by atoms with E-state index in [0.717, 1.165) is 25.4 Å². The van der Waals surface area contributed by atoms with Gasteiger partial charge in [0, 0.05) is 6.20 Å². The largest absolute Gasteiger partial charge is 0.377 e. The predicted octanol–water partition coefficient (Wildman–Crippen LogP) is 1.74. The highest BCUT2D eigenvalue weighted by Crippen LogP contribution is 2.12. The van der Waals surface area contributed by atoms with Crippen LogP contribution in [0.25, 0.3) is 0 Å². The third-order valence-electron chi connectivity index (χ3n) is 2.83. The molecule has 0 saturated carbocycles. The second-order valence-corrected chi connectivity index (χ2v) is 4.29. The molecule has 0 aliphatic carbocycles. The maximum atomic E-state index is 5.12. The third kappa shape index (κ3) is 2.47. The summed E-state index contributed by atoms with van der Waals surface area (Å²) in [5.41, 5.74) is 2.32. The average molecular weight is 229 g/mol. The van der Waals surface area contributed by atoms with E-state index in [0.29, 0.717) is 6.04 Å². The molecule has 0 amide bonds. The van der Waals surface area contributed by atoms with Gasteiger partial charge in [-0.15, -0.1) is 0 Å². The van der Waals surface area contributed by atoms with Gasteiger partial charge in [0.25, 0.3) is 0 Å². The quantitative estimate of drug-likeness (QED) is 0.868. The van der Waals surface area contributed by atoms with E-state index in [9.17, 15) is 0 Å². The Balaban J connectivity index is 1.64. The lowest BCUT2D eigenvalue weighted by Gasteiger charge is -2.26. The van der Waals surface area contributed by atoms with Crippen LogP contribution in [0, 0.1) is 0 Å². The number of aromatic nitrogens is 2. The smallest absolute Gasteiger partial charge is 0.0730 e. The van der Waals surface area contributed by atoms with Gasteiger partial charge in [-0.25, -0.2) is 0 Å². The lowest BCUT2D eigenvalue weighted by molar-refractivity contribution is 0.0211. The number of hydrogen-bond donors (Lipinski definition) is 1. The number of anilines is 1. The number of nitrogens with zero attached hydrogens (tertiary/aromatic N) is 2. The molecule has 4 heteroatoms. The molecule has 4 nitrogen and oxygen atoms in total. The van der Waals surface area contributed by atoms with Crippen molar-refractivity contribution in [1.82, 2.24) is 9.78 Å². The van der Waals surface area contributed by atoms with Crippen LogP contribution in [-0.4, -0.2) is 29.0 Å². The number of ether oxygens (including phenoxy) is 1. The molecule has 0 unspecified atom stereocenters. The van der Waals surface area contributed by atoms with Crippen LogP contribution in [-0.2, 0) is 11.3 Å². The SMILES string of the molecule is c1ccc(Cn2cc(NC3COC3)cn2)cc1. The maximum absolute atomic E-state index is 5.12. The highest BCUT2D eigenvalue weighted by atomic mass is 16.5. The molecule has 2 heterocycles. The minimum atomic E-state index is 0.448. The lowest BCUT2D eigenvalue weighted by atomic mass is 10.2. The van der Waals surface area contributed by atoms with Crippen LogP contribution in [0.3, 0.4) is 0 Å². The Morgan fingerprint density at radius 2 is 2.12 bits per heavy atom. The van der Waals surface area contributed by atoms with E-state index in [1.807, 2.05) is 35.3 Å². The molecule has 17 heavy (non-hydrogen) atoms. The lowest BCUT2D eigenvalue weighted by Crippen LogP contribution is -2.40. The molecule has 0 atom stereocenters. The Kier molecular flexibility index (Phi) is 2.80. The summed E-state index contributed by atoms with van der Waals surface area (Å²) in [6, 6.07) is 10.8. The summed E-state index contributed by atoms with van der Waals surface area (Å²) >= 11 is 0. The third-order valence-corrected chi connectivity index (χ3v) is 2.83. The first-order chi connectivity index (χ1) is 8.40. The van der Waals surface area contributed by atoms with Gasteiger partial charge >= 0.3 is 0 Å². The van der Waals surface area contributed by atoms with E-state index in [1.165, 1.54) is 5.56 Å². The van der Waals surface area contributed by atoms with E-state index in [1.54, 1.807) is 0 Å². The highest BCUT2D eigenvalue weighted by molar-refractivity contribution is 5.40. The van der Waals surface area contributed by atoms with Crippen molar-refractivity contribution < 1.29 is 4.74 Å². The molecular formula is C13H15N3O. The van der Waals surface area contributed by atoms with Crippen molar-refractivity contribution in [2.24, 2.45) is 0 Å². The van der Waals surface area contributed by atoms with Crippen molar-refractivity contribution >= 4 is 5.69 Å². The minimum Gasteiger partial charge on any atom is -0.377 e. The molecule has 1 N–H and O–H groups in total. The Labute approximate surface area is 100 Å². The van der Waals surface area contributed by atoms with Gasteiger partial charge < -0.3 is 10.1 Å². The monoisotopic (exact) mass is 229 g/mol. The van der Waals surface area contributed by atoms with Gasteiger partial charge in [0.15, 0.2) is 0 Å². The van der Waals surface area contributed by atoms with Crippen molar-refractivity contribution in [1.29, 1.82) is 0 Å². The van der Waals surface area contributed by atoms with Gasteiger partial charge in [0.2, 0.25) is 0 Å². The van der Waals surface area contributed by atoms with Crippen LogP contribution in [0.5, 0.6) is 0 Å². The van der Waals surface area contributed by atoms with E-state index >= 15 is 0 Å². The normalized spacial score (nSPS) is 15.5. The summed E-state index contributed by atoms with van der Waals surface area (Å²) in [7, 11) is 0. The second kappa shape index (κ2) is 4.59. The Hall–Kier alpha value is -1.81. The van der Waals surface area contributed by atoms with Crippen molar-refractivity contribution in [2.75, 3.05) is 18.5 Å². The van der Waals surface area contributed by atoms with E-state index < -0.39 is 0 Å². The Morgan fingerprint density at radius 3 is 2.82 bits per heavy atom. The molecule has 1 aliphatic rings. The zero-order valence-corrected chi connectivity index (χ0v) is 9.54. The van der Waals surface area contributed by atoms with E-state index in [-0.39, 0.29) is 0 Å². The van der Waals surface area contributed by atoms with Gasteiger partial charge in [-0.3, -0.25) is 4.68 Å². The van der Waals surface area contributed by atoms with Crippen LogP contribution in [0.4, 0.5) is 5.69 Å². The van der Waals surface area contributed by atoms with Gasteiger partial charge in [-0.05, 0) is 5.56 Å². The Morgan fingerprint density at radius 1 is 1.29 bits per heavy atom.